The minimum Gasteiger partial charge on any atom is -0.508 e. The second-order valence-corrected chi connectivity index (χ2v) is 7.17. The van der Waals surface area contributed by atoms with E-state index in [1.54, 1.807) is 6.07 Å². The van der Waals surface area contributed by atoms with E-state index in [1.807, 2.05) is 12.1 Å². The standard InChI is InChI=1S/C18H27NO/c1-4-13-11-19-18(3)10-17(13)16(8-12(18)2)14-6-5-7-15(20)9-14/h5-7,9,12-13,16-17,19-20H,4,8,10-11H2,1-3H3. The molecule has 2 aliphatic rings. The van der Waals surface area contributed by atoms with Crippen LogP contribution < -0.4 is 5.32 Å². The lowest BCUT2D eigenvalue weighted by molar-refractivity contribution is 0.0293. The molecule has 1 heterocycles. The number of aromatic hydroxyl groups is 1. The van der Waals surface area contributed by atoms with Gasteiger partial charge in [-0.3, -0.25) is 0 Å². The van der Waals surface area contributed by atoms with Gasteiger partial charge in [0.1, 0.15) is 5.75 Å². The zero-order valence-electron chi connectivity index (χ0n) is 12.9. The van der Waals surface area contributed by atoms with Crippen LogP contribution in [0, 0.1) is 17.8 Å². The Bertz CT molecular complexity index is 486. The van der Waals surface area contributed by atoms with E-state index in [0.717, 1.165) is 18.4 Å². The summed E-state index contributed by atoms with van der Waals surface area (Å²) in [5.41, 5.74) is 1.65. The average molecular weight is 273 g/mol. The van der Waals surface area contributed by atoms with Crippen LogP contribution in [0.2, 0.25) is 0 Å². The summed E-state index contributed by atoms with van der Waals surface area (Å²) in [4.78, 5) is 0. The largest absolute Gasteiger partial charge is 0.508 e. The van der Waals surface area contributed by atoms with Crippen LogP contribution in [-0.4, -0.2) is 17.2 Å². The Balaban J connectivity index is 1.94. The molecule has 5 atom stereocenters. The molecule has 5 unspecified atom stereocenters. The molecule has 2 heteroatoms. The van der Waals surface area contributed by atoms with Gasteiger partial charge in [-0.25, -0.2) is 0 Å². The fraction of sp³-hybridized carbons (Fsp3) is 0.667. The molecule has 0 radical (unpaired) electrons. The van der Waals surface area contributed by atoms with Gasteiger partial charge < -0.3 is 10.4 Å². The number of phenolic OH excluding ortho intramolecular Hbond substituents is 1. The Morgan fingerprint density at radius 1 is 1.40 bits per heavy atom. The molecule has 2 nitrogen and oxygen atoms in total. The first-order chi connectivity index (χ1) is 9.53. The summed E-state index contributed by atoms with van der Waals surface area (Å²) in [6, 6.07) is 7.95. The predicted molar refractivity (Wildman–Crippen MR) is 82.9 cm³/mol. The van der Waals surface area contributed by atoms with E-state index in [0.29, 0.717) is 23.1 Å². The molecule has 0 amide bonds. The Morgan fingerprint density at radius 3 is 2.90 bits per heavy atom. The Kier molecular flexibility index (Phi) is 3.53. The maximum Gasteiger partial charge on any atom is 0.115 e. The van der Waals surface area contributed by atoms with Crippen LogP contribution in [0.25, 0.3) is 0 Å². The van der Waals surface area contributed by atoms with E-state index in [2.05, 4.69) is 32.2 Å². The second-order valence-electron chi connectivity index (χ2n) is 7.17. The van der Waals surface area contributed by atoms with E-state index in [-0.39, 0.29) is 0 Å². The van der Waals surface area contributed by atoms with Gasteiger partial charge >= 0.3 is 0 Å². The normalized spacial score (nSPS) is 40.5. The van der Waals surface area contributed by atoms with Gasteiger partial charge in [-0.1, -0.05) is 32.4 Å². The molecule has 110 valence electrons. The molecular weight excluding hydrogens is 246 g/mol. The average Bonchev–Trinajstić information content (AvgIpc) is 2.43. The Labute approximate surface area is 122 Å². The number of benzene rings is 1. The van der Waals surface area contributed by atoms with Crippen molar-refractivity contribution in [3.8, 4) is 5.75 Å². The van der Waals surface area contributed by atoms with E-state index < -0.39 is 0 Å². The maximum absolute atomic E-state index is 9.80. The molecule has 1 aromatic carbocycles. The molecule has 1 aromatic rings. The first-order valence-corrected chi connectivity index (χ1v) is 8.07. The minimum atomic E-state index is 0.309. The molecule has 2 fully saturated rings. The third-order valence-electron chi connectivity index (χ3n) is 6.07. The number of nitrogens with one attached hydrogen (secondary N) is 1. The first-order valence-electron chi connectivity index (χ1n) is 8.07. The number of hydrogen-bond acceptors (Lipinski definition) is 2. The molecule has 2 bridgehead atoms. The topological polar surface area (TPSA) is 32.3 Å². The van der Waals surface area contributed by atoms with Crippen molar-refractivity contribution in [2.75, 3.05) is 6.54 Å². The molecule has 1 aliphatic carbocycles. The maximum atomic E-state index is 9.80. The number of phenols is 1. The molecule has 20 heavy (non-hydrogen) atoms. The molecule has 1 aliphatic heterocycles. The van der Waals surface area contributed by atoms with Crippen molar-refractivity contribution in [3.63, 3.8) is 0 Å². The van der Waals surface area contributed by atoms with Gasteiger partial charge in [-0.15, -0.1) is 0 Å². The highest BCUT2D eigenvalue weighted by molar-refractivity contribution is 5.31. The highest BCUT2D eigenvalue weighted by Crippen LogP contribution is 2.51. The van der Waals surface area contributed by atoms with E-state index in [4.69, 9.17) is 0 Å². The van der Waals surface area contributed by atoms with Crippen LogP contribution in [0.1, 0.15) is 51.5 Å². The highest BCUT2D eigenvalue weighted by atomic mass is 16.3. The molecule has 0 aromatic heterocycles. The summed E-state index contributed by atoms with van der Waals surface area (Å²) < 4.78 is 0. The fourth-order valence-corrected chi connectivity index (χ4v) is 4.49. The summed E-state index contributed by atoms with van der Waals surface area (Å²) in [6.45, 7) is 8.24. The molecule has 3 rings (SSSR count). The Morgan fingerprint density at radius 2 is 2.20 bits per heavy atom. The SMILES string of the molecule is CCC1CNC2(C)CC1C(c1cccc(O)c1)CC2C. The van der Waals surface area contributed by atoms with Gasteiger partial charge in [-0.2, -0.15) is 0 Å². The summed E-state index contributed by atoms with van der Waals surface area (Å²) in [6.07, 6.45) is 3.75. The van der Waals surface area contributed by atoms with Crippen LogP contribution in [-0.2, 0) is 0 Å². The molecular formula is C18H27NO. The van der Waals surface area contributed by atoms with Crippen molar-refractivity contribution in [2.45, 2.75) is 51.5 Å². The van der Waals surface area contributed by atoms with Crippen molar-refractivity contribution in [1.29, 1.82) is 0 Å². The number of rotatable bonds is 2. The van der Waals surface area contributed by atoms with Crippen LogP contribution >= 0.6 is 0 Å². The van der Waals surface area contributed by atoms with Crippen LogP contribution in [0.5, 0.6) is 5.75 Å². The smallest absolute Gasteiger partial charge is 0.115 e. The van der Waals surface area contributed by atoms with Crippen molar-refractivity contribution in [2.24, 2.45) is 17.8 Å². The number of hydrogen-bond donors (Lipinski definition) is 2. The lowest BCUT2D eigenvalue weighted by Crippen LogP contribution is -2.60. The van der Waals surface area contributed by atoms with Gasteiger partial charge in [0.2, 0.25) is 0 Å². The minimum absolute atomic E-state index is 0.309. The van der Waals surface area contributed by atoms with Gasteiger partial charge in [0.15, 0.2) is 0 Å². The summed E-state index contributed by atoms with van der Waals surface area (Å²) >= 11 is 0. The monoisotopic (exact) mass is 273 g/mol. The van der Waals surface area contributed by atoms with Gasteiger partial charge in [0.05, 0.1) is 0 Å². The second kappa shape index (κ2) is 5.07. The number of piperidine rings is 1. The van der Waals surface area contributed by atoms with E-state index >= 15 is 0 Å². The van der Waals surface area contributed by atoms with E-state index in [1.165, 1.54) is 24.8 Å². The summed E-state index contributed by atoms with van der Waals surface area (Å²) in [5, 5.41) is 13.6. The van der Waals surface area contributed by atoms with Gasteiger partial charge in [0, 0.05) is 5.54 Å². The third kappa shape index (κ3) is 2.24. The highest BCUT2D eigenvalue weighted by Gasteiger charge is 2.48. The molecule has 2 N–H and O–H groups in total. The molecule has 0 spiro atoms. The van der Waals surface area contributed by atoms with Gasteiger partial charge in [-0.05, 0) is 67.7 Å². The molecule has 1 saturated carbocycles. The number of fused-ring (bicyclic) bond motifs is 2. The van der Waals surface area contributed by atoms with Crippen LogP contribution in [0.15, 0.2) is 24.3 Å². The van der Waals surface area contributed by atoms with Gasteiger partial charge in [0.25, 0.3) is 0 Å². The Hall–Kier alpha value is -1.02. The first kappa shape index (κ1) is 13.9. The zero-order valence-corrected chi connectivity index (χ0v) is 12.9. The van der Waals surface area contributed by atoms with Crippen LogP contribution in [0.3, 0.4) is 0 Å². The van der Waals surface area contributed by atoms with Crippen molar-refractivity contribution < 1.29 is 5.11 Å². The predicted octanol–water partition coefficient (Wildman–Crippen LogP) is 3.91. The molecule has 1 saturated heterocycles. The van der Waals surface area contributed by atoms with Crippen LogP contribution in [0.4, 0.5) is 0 Å². The lowest BCUT2D eigenvalue weighted by Gasteiger charge is -2.54. The van der Waals surface area contributed by atoms with Crippen molar-refractivity contribution >= 4 is 0 Å². The van der Waals surface area contributed by atoms with Crippen molar-refractivity contribution in [3.05, 3.63) is 29.8 Å². The lowest BCUT2D eigenvalue weighted by atomic mass is 9.57. The van der Waals surface area contributed by atoms with E-state index in [9.17, 15) is 5.11 Å². The summed E-state index contributed by atoms with van der Waals surface area (Å²) in [7, 11) is 0. The third-order valence-corrected chi connectivity index (χ3v) is 6.07. The zero-order chi connectivity index (χ0) is 14.3. The van der Waals surface area contributed by atoms with Crippen molar-refractivity contribution in [1.82, 2.24) is 5.32 Å². The fourth-order valence-electron chi connectivity index (χ4n) is 4.49. The quantitative estimate of drug-likeness (QED) is 0.856. The summed E-state index contributed by atoms with van der Waals surface area (Å²) in [5.74, 6) is 3.22.